The zero-order chi connectivity index (χ0) is 13.8. The van der Waals surface area contributed by atoms with E-state index in [4.69, 9.17) is 11.6 Å². The minimum Gasteiger partial charge on any atom is -0.313 e. The third kappa shape index (κ3) is 3.49. The molecule has 0 saturated heterocycles. The molecular weight excluding hydrogens is 261 g/mol. The van der Waals surface area contributed by atoms with Gasteiger partial charge < -0.3 is 5.32 Å². The van der Waals surface area contributed by atoms with Crippen molar-refractivity contribution in [1.82, 2.24) is 5.32 Å². The first-order valence-electron chi connectivity index (χ1n) is 7.28. The number of halogens is 2. The highest BCUT2D eigenvalue weighted by molar-refractivity contribution is 6.30. The lowest BCUT2D eigenvalue weighted by Crippen LogP contribution is -2.29. The van der Waals surface area contributed by atoms with Crippen LogP contribution in [0.25, 0.3) is 0 Å². The van der Waals surface area contributed by atoms with Crippen LogP contribution in [0.2, 0.25) is 5.02 Å². The second-order valence-corrected chi connectivity index (χ2v) is 6.05. The summed E-state index contributed by atoms with van der Waals surface area (Å²) in [4.78, 5) is 0. The second-order valence-electron chi connectivity index (χ2n) is 5.64. The van der Waals surface area contributed by atoms with Crippen LogP contribution in [0.1, 0.15) is 50.6 Å². The van der Waals surface area contributed by atoms with Gasteiger partial charge in [0.05, 0.1) is 5.02 Å². The molecule has 19 heavy (non-hydrogen) atoms. The molecular formula is C16H23ClFN. The van der Waals surface area contributed by atoms with Gasteiger partial charge in [-0.15, -0.1) is 0 Å². The maximum Gasteiger partial charge on any atom is 0.142 e. The van der Waals surface area contributed by atoms with Gasteiger partial charge in [0.25, 0.3) is 0 Å². The molecule has 0 spiro atoms. The van der Waals surface area contributed by atoms with Crippen LogP contribution in [-0.2, 0) is 0 Å². The maximum absolute atomic E-state index is 13.6. The van der Waals surface area contributed by atoms with Gasteiger partial charge in [0.15, 0.2) is 0 Å². The average molecular weight is 284 g/mol. The van der Waals surface area contributed by atoms with Crippen LogP contribution in [0.15, 0.2) is 18.2 Å². The Morgan fingerprint density at radius 2 is 2.21 bits per heavy atom. The summed E-state index contributed by atoms with van der Waals surface area (Å²) in [6.07, 6.45) is 6.36. The minimum absolute atomic E-state index is 0.202. The predicted molar refractivity (Wildman–Crippen MR) is 78.9 cm³/mol. The molecule has 3 atom stereocenters. The summed E-state index contributed by atoms with van der Waals surface area (Å²) < 4.78 is 13.6. The van der Waals surface area contributed by atoms with Gasteiger partial charge in [0.1, 0.15) is 5.82 Å². The molecule has 0 bridgehead atoms. The van der Waals surface area contributed by atoms with Crippen molar-refractivity contribution < 1.29 is 4.39 Å². The fourth-order valence-corrected chi connectivity index (χ4v) is 3.50. The molecule has 3 heteroatoms. The number of hydrogen-bond donors (Lipinski definition) is 1. The minimum atomic E-state index is -0.317. The number of rotatable bonds is 4. The third-order valence-electron chi connectivity index (χ3n) is 4.49. The lowest BCUT2D eigenvalue weighted by atomic mass is 9.75. The van der Waals surface area contributed by atoms with Gasteiger partial charge in [-0.05, 0) is 49.4 Å². The molecule has 1 saturated carbocycles. The molecule has 0 aromatic heterocycles. The molecule has 0 heterocycles. The molecule has 1 N–H and O–H groups in total. The van der Waals surface area contributed by atoms with E-state index < -0.39 is 0 Å². The Morgan fingerprint density at radius 1 is 1.42 bits per heavy atom. The number of nitrogens with one attached hydrogen (secondary N) is 1. The van der Waals surface area contributed by atoms with E-state index in [2.05, 4.69) is 12.2 Å². The van der Waals surface area contributed by atoms with Crippen molar-refractivity contribution >= 4 is 11.6 Å². The summed E-state index contributed by atoms with van der Waals surface area (Å²) in [5.74, 6) is 1.11. The maximum atomic E-state index is 13.6. The summed E-state index contributed by atoms with van der Waals surface area (Å²) in [5, 5.41) is 3.57. The fraction of sp³-hybridized carbons (Fsp3) is 0.625. The Morgan fingerprint density at radius 3 is 2.84 bits per heavy atom. The summed E-state index contributed by atoms with van der Waals surface area (Å²) in [6.45, 7) is 2.27. The van der Waals surface area contributed by atoms with Crippen molar-refractivity contribution in [3.05, 3.63) is 34.6 Å². The highest BCUT2D eigenvalue weighted by atomic mass is 35.5. The molecule has 0 radical (unpaired) electrons. The van der Waals surface area contributed by atoms with Crippen LogP contribution in [0.5, 0.6) is 0 Å². The standard InChI is InChI=1S/C16H23ClFN/c1-3-11-5-4-6-12(9-11)16(19-2)13-7-8-14(17)15(18)10-13/h7-8,10-12,16,19H,3-6,9H2,1-2H3. The van der Waals surface area contributed by atoms with Gasteiger partial charge in [-0.1, -0.05) is 43.9 Å². The molecule has 1 nitrogen and oxygen atoms in total. The lowest BCUT2D eigenvalue weighted by molar-refractivity contribution is 0.214. The molecule has 1 fully saturated rings. The van der Waals surface area contributed by atoms with Gasteiger partial charge >= 0.3 is 0 Å². The molecule has 106 valence electrons. The molecule has 1 aliphatic carbocycles. The van der Waals surface area contributed by atoms with E-state index in [0.717, 1.165) is 11.5 Å². The van der Waals surface area contributed by atoms with Crippen LogP contribution in [0.3, 0.4) is 0 Å². The Labute approximate surface area is 120 Å². The summed E-state index contributed by atoms with van der Waals surface area (Å²) in [5.41, 5.74) is 1.02. The zero-order valence-corrected chi connectivity index (χ0v) is 12.5. The smallest absolute Gasteiger partial charge is 0.142 e. The Balaban J connectivity index is 2.16. The van der Waals surface area contributed by atoms with Crippen LogP contribution < -0.4 is 5.32 Å². The van der Waals surface area contributed by atoms with Gasteiger partial charge in [-0.2, -0.15) is 0 Å². The highest BCUT2D eigenvalue weighted by Crippen LogP contribution is 2.38. The van der Waals surface area contributed by atoms with Crippen LogP contribution in [0.4, 0.5) is 4.39 Å². The quantitative estimate of drug-likeness (QED) is 0.824. The Hall–Kier alpha value is -0.600. The van der Waals surface area contributed by atoms with Crippen molar-refractivity contribution in [2.45, 2.75) is 45.1 Å². The summed E-state index contributed by atoms with van der Waals surface area (Å²) in [7, 11) is 1.97. The van der Waals surface area contributed by atoms with Gasteiger partial charge in [-0.3, -0.25) is 0 Å². The van der Waals surface area contributed by atoms with E-state index in [-0.39, 0.29) is 16.9 Å². The van der Waals surface area contributed by atoms with Gasteiger partial charge in [0, 0.05) is 6.04 Å². The lowest BCUT2D eigenvalue weighted by Gasteiger charge is -2.34. The predicted octanol–water partition coefficient (Wildman–Crippen LogP) is 4.96. The highest BCUT2D eigenvalue weighted by Gasteiger charge is 2.28. The Kier molecular flexibility index (Phi) is 5.23. The fourth-order valence-electron chi connectivity index (χ4n) is 3.39. The molecule has 0 amide bonds. The Bertz CT molecular complexity index is 421. The van der Waals surface area contributed by atoms with Gasteiger partial charge in [0.2, 0.25) is 0 Å². The van der Waals surface area contributed by atoms with Crippen LogP contribution >= 0.6 is 11.6 Å². The normalized spacial score (nSPS) is 25.3. The first-order valence-corrected chi connectivity index (χ1v) is 7.65. The zero-order valence-electron chi connectivity index (χ0n) is 11.8. The number of benzene rings is 1. The van der Waals surface area contributed by atoms with E-state index in [9.17, 15) is 4.39 Å². The molecule has 0 aliphatic heterocycles. The van der Waals surface area contributed by atoms with E-state index in [1.165, 1.54) is 32.1 Å². The molecule has 1 aliphatic rings. The van der Waals surface area contributed by atoms with E-state index in [1.54, 1.807) is 12.1 Å². The van der Waals surface area contributed by atoms with Crippen molar-refractivity contribution in [2.24, 2.45) is 11.8 Å². The average Bonchev–Trinajstić information content (AvgIpc) is 2.44. The van der Waals surface area contributed by atoms with Crippen molar-refractivity contribution in [1.29, 1.82) is 0 Å². The second kappa shape index (κ2) is 6.71. The molecule has 1 aromatic rings. The van der Waals surface area contributed by atoms with Crippen molar-refractivity contribution in [3.8, 4) is 0 Å². The van der Waals surface area contributed by atoms with Crippen molar-refractivity contribution in [3.63, 3.8) is 0 Å². The van der Waals surface area contributed by atoms with Crippen LogP contribution in [0, 0.1) is 17.7 Å². The number of hydrogen-bond acceptors (Lipinski definition) is 1. The first-order chi connectivity index (χ1) is 9.15. The van der Waals surface area contributed by atoms with E-state index in [1.807, 2.05) is 13.1 Å². The topological polar surface area (TPSA) is 12.0 Å². The van der Waals surface area contributed by atoms with E-state index in [0.29, 0.717) is 5.92 Å². The monoisotopic (exact) mass is 283 g/mol. The first kappa shape index (κ1) is 14.8. The van der Waals surface area contributed by atoms with Gasteiger partial charge in [-0.25, -0.2) is 4.39 Å². The summed E-state index contributed by atoms with van der Waals surface area (Å²) in [6, 6.07) is 5.43. The van der Waals surface area contributed by atoms with Crippen molar-refractivity contribution in [2.75, 3.05) is 7.05 Å². The molecule has 1 aromatic carbocycles. The van der Waals surface area contributed by atoms with E-state index >= 15 is 0 Å². The third-order valence-corrected chi connectivity index (χ3v) is 4.79. The summed E-state index contributed by atoms with van der Waals surface area (Å²) >= 11 is 5.76. The molecule has 3 unspecified atom stereocenters. The van der Waals surface area contributed by atoms with Crippen LogP contribution in [-0.4, -0.2) is 7.05 Å². The molecule has 2 rings (SSSR count). The SMILES string of the molecule is CCC1CCCC(C(NC)c2ccc(Cl)c(F)c2)C1. The largest absolute Gasteiger partial charge is 0.313 e.